The summed E-state index contributed by atoms with van der Waals surface area (Å²) in [5, 5.41) is 9.78. The summed E-state index contributed by atoms with van der Waals surface area (Å²) in [5.74, 6) is 0.677. The van der Waals surface area contributed by atoms with Gasteiger partial charge in [-0.3, -0.25) is 0 Å². The van der Waals surface area contributed by atoms with Crippen LogP contribution < -0.4 is 4.90 Å². The van der Waals surface area contributed by atoms with E-state index in [1.807, 2.05) is 11.9 Å². The molecule has 14 heavy (non-hydrogen) atoms. The second-order valence-electron chi connectivity index (χ2n) is 3.19. The second-order valence-corrected chi connectivity index (χ2v) is 4.51. The van der Waals surface area contributed by atoms with Crippen molar-refractivity contribution in [3.63, 3.8) is 0 Å². The molecule has 0 spiro atoms. The average Bonchev–Trinajstić information content (AvgIpc) is 2.01. The minimum atomic E-state index is -0.401. The number of aliphatic hydroxyl groups is 1. The zero-order valence-electron chi connectivity index (χ0n) is 8.04. The molecule has 1 aromatic rings. The van der Waals surface area contributed by atoms with E-state index in [9.17, 15) is 5.11 Å². The van der Waals surface area contributed by atoms with Crippen LogP contribution in [0.15, 0.2) is 16.7 Å². The molecule has 0 saturated heterocycles. The summed E-state index contributed by atoms with van der Waals surface area (Å²) in [5.41, 5.74) is 0. The van der Waals surface area contributed by atoms with E-state index in [1.54, 1.807) is 19.2 Å². The van der Waals surface area contributed by atoms with Crippen molar-refractivity contribution in [1.29, 1.82) is 0 Å². The smallest absolute Gasteiger partial charge is 0.147 e. The van der Waals surface area contributed by atoms with E-state index in [4.69, 9.17) is 11.6 Å². The van der Waals surface area contributed by atoms with Crippen LogP contribution in [0.3, 0.4) is 0 Å². The van der Waals surface area contributed by atoms with Crippen LogP contribution in [0.1, 0.15) is 6.92 Å². The summed E-state index contributed by atoms with van der Waals surface area (Å²) in [6.07, 6.45) is 1.28. The summed E-state index contributed by atoms with van der Waals surface area (Å²) in [6, 6.07) is 1.78. The fraction of sp³-hybridized carbons (Fsp3) is 0.444. The first kappa shape index (κ1) is 11.8. The molecule has 0 radical (unpaired) electrons. The summed E-state index contributed by atoms with van der Waals surface area (Å²) in [6.45, 7) is 2.23. The molecule has 78 valence electrons. The Bertz CT molecular complexity index is 320. The number of likely N-dealkylation sites (N-methyl/N-ethyl adjacent to an activating group) is 1. The van der Waals surface area contributed by atoms with Crippen LogP contribution >= 0.6 is 27.5 Å². The number of rotatable bonds is 3. The second kappa shape index (κ2) is 4.96. The summed E-state index contributed by atoms with van der Waals surface area (Å²) >= 11 is 9.27. The monoisotopic (exact) mass is 278 g/mol. The number of nitrogens with zero attached hydrogens (tertiary/aromatic N) is 2. The summed E-state index contributed by atoms with van der Waals surface area (Å²) in [4.78, 5) is 5.99. The van der Waals surface area contributed by atoms with Crippen molar-refractivity contribution in [3.8, 4) is 0 Å². The maximum absolute atomic E-state index is 9.21. The Morgan fingerprint density at radius 2 is 2.36 bits per heavy atom. The van der Waals surface area contributed by atoms with Crippen LogP contribution in [-0.4, -0.2) is 29.8 Å². The molecule has 1 rings (SSSR count). The molecule has 1 N–H and O–H groups in total. The van der Waals surface area contributed by atoms with E-state index in [0.29, 0.717) is 17.4 Å². The third-order valence-electron chi connectivity index (χ3n) is 1.69. The molecule has 0 aliphatic carbocycles. The number of anilines is 1. The number of aromatic nitrogens is 1. The highest BCUT2D eigenvalue weighted by Gasteiger charge is 2.09. The maximum atomic E-state index is 9.21. The van der Waals surface area contributed by atoms with Crippen LogP contribution in [-0.2, 0) is 0 Å². The van der Waals surface area contributed by atoms with E-state index in [1.165, 1.54) is 0 Å². The number of pyridine rings is 1. The Kier molecular flexibility index (Phi) is 4.16. The lowest BCUT2D eigenvalue weighted by Gasteiger charge is -2.20. The molecular formula is C9H12BrClN2O. The SMILES string of the molecule is CC(O)CN(C)c1ncc(Br)cc1Cl. The Hall–Kier alpha value is -0.320. The zero-order chi connectivity index (χ0) is 10.7. The van der Waals surface area contributed by atoms with Gasteiger partial charge in [0.2, 0.25) is 0 Å². The predicted octanol–water partition coefficient (Wildman–Crippen LogP) is 2.31. The van der Waals surface area contributed by atoms with Crippen molar-refractivity contribution in [2.75, 3.05) is 18.5 Å². The molecule has 0 bridgehead atoms. The minimum absolute atomic E-state index is 0.401. The quantitative estimate of drug-likeness (QED) is 0.922. The lowest BCUT2D eigenvalue weighted by molar-refractivity contribution is 0.201. The van der Waals surface area contributed by atoms with Crippen molar-refractivity contribution in [1.82, 2.24) is 4.98 Å². The third-order valence-corrected chi connectivity index (χ3v) is 2.40. The molecule has 0 aliphatic rings. The van der Waals surface area contributed by atoms with Gasteiger partial charge in [0.05, 0.1) is 11.1 Å². The highest BCUT2D eigenvalue weighted by Crippen LogP contribution is 2.25. The van der Waals surface area contributed by atoms with Gasteiger partial charge in [0.25, 0.3) is 0 Å². The van der Waals surface area contributed by atoms with E-state index >= 15 is 0 Å². The molecular weight excluding hydrogens is 267 g/mol. The van der Waals surface area contributed by atoms with E-state index < -0.39 is 6.10 Å². The molecule has 0 amide bonds. The highest BCUT2D eigenvalue weighted by molar-refractivity contribution is 9.10. The standard InChI is InChI=1S/C9H12BrClN2O/c1-6(14)5-13(2)9-8(11)3-7(10)4-12-9/h3-4,6,14H,5H2,1-2H3. The van der Waals surface area contributed by atoms with Crippen LogP contribution in [0.2, 0.25) is 5.02 Å². The van der Waals surface area contributed by atoms with Crippen molar-refractivity contribution in [2.45, 2.75) is 13.0 Å². The molecule has 0 aromatic carbocycles. The first-order valence-corrected chi connectivity index (χ1v) is 5.38. The Morgan fingerprint density at radius 3 is 2.86 bits per heavy atom. The predicted molar refractivity (Wildman–Crippen MR) is 61.9 cm³/mol. The first-order valence-electron chi connectivity index (χ1n) is 4.21. The van der Waals surface area contributed by atoms with Crippen LogP contribution in [0.4, 0.5) is 5.82 Å². The number of halogens is 2. The van der Waals surface area contributed by atoms with Gasteiger partial charge in [-0.1, -0.05) is 11.6 Å². The number of aliphatic hydroxyl groups excluding tert-OH is 1. The van der Waals surface area contributed by atoms with Gasteiger partial charge in [0.15, 0.2) is 0 Å². The molecule has 0 fully saturated rings. The molecule has 0 saturated carbocycles. The molecule has 1 heterocycles. The van der Waals surface area contributed by atoms with Crippen LogP contribution in [0.25, 0.3) is 0 Å². The Morgan fingerprint density at radius 1 is 1.71 bits per heavy atom. The molecule has 1 unspecified atom stereocenters. The Balaban J connectivity index is 2.84. The van der Waals surface area contributed by atoms with Gasteiger partial charge >= 0.3 is 0 Å². The van der Waals surface area contributed by atoms with Crippen molar-refractivity contribution in [2.24, 2.45) is 0 Å². The lowest BCUT2D eigenvalue weighted by atomic mass is 10.3. The zero-order valence-corrected chi connectivity index (χ0v) is 10.4. The van der Waals surface area contributed by atoms with Crippen LogP contribution in [0, 0.1) is 0 Å². The van der Waals surface area contributed by atoms with Gasteiger partial charge in [-0.05, 0) is 28.9 Å². The largest absolute Gasteiger partial charge is 0.392 e. The van der Waals surface area contributed by atoms with Gasteiger partial charge < -0.3 is 10.0 Å². The normalized spacial score (nSPS) is 12.6. The Labute approximate surface area is 96.8 Å². The van der Waals surface area contributed by atoms with Gasteiger partial charge in [0.1, 0.15) is 5.82 Å². The molecule has 5 heteroatoms. The first-order chi connectivity index (χ1) is 6.50. The molecule has 1 aromatic heterocycles. The third kappa shape index (κ3) is 3.12. The topological polar surface area (TPSA) is 36.4 Å². The van der Waals surface area contributed by atoms with Crippen molar-refractivity contribution in [3.05, 3.63) is 21.8 Å². The van der Waals surface area contributed by atoms with E-state index in [2.05, 4.69) is 20.9 Å². The van der Waals surface area contributed by atoms with Crippen molar-refractivity contribution < 1.29 is 5.11 Å². The number of hydrogen-bond donors (Lipinski definition) is 1. The van der Waals surface area contributed by atoms with Crippen LogP contribution in [0.5, 0.6) is 0 Å². The van der Waals surface area contributed by atoms with Crippen molar-refractivity contribution >= 4 is 33.3 Å². The lowest BCUT2D eigenvalue weighted by Crippen LogP contribution is -2.27. The molecule has 1 atom stereocenters. The van der Waals surface area contributed by atoms with Gasteiger partial charge in [-0.2, -0.15) is 0 Å². The van der Waals surface area contributed by atoms with Gasteiger partial charge in [-0.25, -0.2) is 4.98 Å². The molecule has 3 nitrogen and oxygen atoms in total. The van der Waals surface area contributed by atoms with Gasteiger partial charge in [0, 0.05) is 24.3 Å². The summed E-state index contributed by atoms with van der Waals surface area (Å²) < 4.78 is 0.844. The fourth-order valence-corrected chi connectivity index (χ4v) is 1.94. The molecule has 0 aliphatic heterocycles. The van der Waals surface area contributed by atoms with E-state index in [0.717, 1.165) is 4.47 Å². The minimum Gasteiger partial charge on any atom is -0.392 e. The summed E-state index contributed by atoms with van der Waals surface area (Å²) in [7, 11) is 1.84. The number of hydrogen-bond acceptors (Lipinski definition) is 3. The average molecular weight is 280 g/mol. The fourth-order valence-electron chi connectivity index (χ4n) is 1.17. The maximum Gasteiger partial charge on any atom is 0.147 e. The highest BCUT2D eigenvalue weighted by atomic mass is 79.9. The van der Waals surface area contributed by atoms with Gasteiger partial charge in [-0.15, -0.1) is 0 Å². The van der Waals surface area contributed by atoms with E-state index in [-0.39, 0.29) is 0 Å².